The number of hydrogen-bond acceptors (Lipinski definition) is 2. The quantitative estimate of drug-likeness (QED) is 0.713. The van der Waals surface area contributed by atoms with Crippen molar-refractivity contribution in [2.75, 3.05) is 0 Å². The zero-order valence-electron chi connectivity index (χ0n) is 9.49. The second kappa shape index (κ2) is 3.59. The van der Waals surface area contributed by atoms with Gasteiger partial charge in [-0.25, -0.2) is 4.98 Å². The number of imidazole rings is 1. The van der Waals surface area contributed by atoms with Crippen LogP contribution in [-0.4, -0.2) is 15.7 Å². The largest absolute Gasteiger partial charge is 0.302 e. The van der Waals surface area contributed by atoms with Gasteiger partial charge in [0.1, 0.15) is 5.69 Å². The van der Waals surface area contributed by atoms with Crippen LogP contribution in [0.2, 0.25) is 5.02 Å². The van der Waals surface area contributed by atoms with Gasteiger partial charge in [0, 0.05) is 11.6 Å². The van der Waals surface area contributed by atoms with Crippen LogP contribution < -0.4 is 0 Å². The van der Waals surface area contributed by atoms with Crippen molar-refractivity contribution in [3.63, 3.8) is 0 Å². The summed E-state index contributed by atoms with van der Waals surface area (Å²) in [4.78, 5) is 15.3. The average Bonchev–Trinajstić information content (AvgIpc) is 2.57. The van der Waals surface area contributed by atoms with E-state index in [0.717, 1.165) is 12.0 Å². The number of nitrogens with zero attached hydrogens (tertiary/aromatic N) is 2. The van der Waals surface area contributed by atoms with Crippen LogP contribution >= 0.6 is 11.6 Å². The van der Waals surface area contributed by atoms with Crippen molar-refractivity contribution in [3.8, 4) is 0 Å². The topological polar surface area (TPSA) is 34.4 Å². The van der Waals surface area contributed by atoms with Crippen LogP contribution in [0.3, 0.4) is 0 Å². The van der Waals surface area contributed by atoms with Gasteiger partial charge in [-0.3, -0.25) is 4.79 Å². The zero-order chi connectivity index (χ0) is 11.9. The summed E-state index contributed by atoms with van der Waals surface area (Å²) >= 11 is 6.05. The molecule has 84 valence electrons. The molecule has 3 nitrogen and oxygen atoms in total. The molecule has 0 aliphatic carbocycles. The lowest BCUT2D eigenvalue weighted by Gasteiger charge is -2.18. The number of pyridine rings is 1. The van der Waals surface area contributed by atoms with Crippen LogP contribution in [0.15, 0.2) is 18.3 Å². The smallest absolute Gasteiger partial charge is 0.170 e. The van der Waals surface area contributed by atoms with Gasteiger partial charge in [0.2, 0.25) is 0 Å². The number of halogens is 1. The van der Waals surface area contributed by atoms with Crippen LogP contribution in [0, 0.1) is 0 Å². The Bertz CT molecular complexity index is 552. The van der Waals surface area contributed by atoms with Gasteiger partial charge in [-0.15, -0.1) is 0 Å². The minimum Gasteiger partial charge on any atom is -0.302 e. The third kappa shape index (κ3) is 1.61. The first-order valence-corrected chi connectivity index (χ1v) is 5.45. The van der Waals surface area contributed by atoms with Crippen molar-refractivity contribution in [1.29, 1.82) is 0 Å². The molecule has 0 spiro atoms. The Labute approximate surface area is 99.1 Å². The molecule has 0 radical (unpaired) electrons. The van der Waals surface area contributed by atoms with Gasteiger partial charge in [0.05, 0.1) is 10.7 Å². The maximum atomic E-state index is 11.0. The molecule has 0 aliphatic rings. The maximum absolute atomic E-state index is 11.0. The lowest BCUT2D eigenvalue weighted by Crippen LogP contribution is -2.16. The molecule has 0 aliphatic heterocycles. The van der Waals surface area contributed by atoms with Crippen LogP contribution in [0.4, 0.5) is 0 Å². The van der Waals surface area contributed by atoms with E-state index in [9.17, 15) is 4.79 Å². The van der Waals surface area contributed by atoms with Gasteiger partial charge in [0.25, 0.3) is 0 Å². The SMILES string of the molecule is CC(C)(C)c1c(C=O)nc2c(Cl)cccn12. The molecule has 2 heterocycles. The molecule has 2 rings (SSSR count). The summed E-state index contributed by atoms with van der Waals surface area (Å²) in [6.07, 6.45) is 2.66. The first-order valence-electron chi connectivity index (χ1n) is 5.07. The van der Waals surface area contributed by atoms with Crippen molar-refractivity contribution in [3.05, 3.63) is 34.7 Å². The van der Waals surface area contributed by atoms with E-state index in [1.807, 2.05) is 37.4 Å². The highest BCUT2D eigenvalue weighted by molar-refractivity contribution is 6.33. The molecule has 0 N–H and O–H groups in total. The van der Waals surface area contributed by atoms with Gasteiger partial charge in [0.15, 0.2) is 11.9 Å². The van der Waals surface area contributed by atoms with E-state index >= 15 is 0 Å². The highest BCUT2D eigenvalue weighted by atomic mass is 35.5. The molecule has 0 bridgehead atoms. The molecular formula is C12H13ClN2O. The van der Waals surface area contributed by atoms with E-state index in [1.54, 1.807) is 6.07 Å². The molecule has 0 unspecified atom stereocenters. The second-order valence-electron chi connectivity index (χ2n) is 4.76. The number of aldehydes is 1. The molecular weight excluding hydrogens is 224 g/mol. The number of aromatic nitrogens is 2. The fourth-order valence-electron chi connectivity index (χ4n) is 1.88. The summed E-state index contributed by atoms with van der Waals surface area (Å²) in [7, 11) is 0. The first-order chi connectivity index (χ1) is 7.45. The first kappa shape index (κ1) is 11.1. The lowest BCUT2D eigenvalue weighted by atomic mass is 9.91. The molecule has 0 fully saturated rings. The fraction of sp³-hybridized carbons (Fsp3) is 0.333. The van der Waals surface area contributed by atoms with Gasteiger partial charge in [-0.2, -0.15) is 0 Å². The van der Waals surface area contributed by atoms with Crippen molar-refractivity contribution < 1.29 is 4.79 Å². The second-order valence-corrected chi connectivity index (χ2v) is 5.17. The normalized spacial score (nSPS) is 12.0. The van der Waals surface area contributed by atoms with E-state index in [0.29, 0.717) is 16.4 Å². The molecule has 4 heteroatoms. The Hall–Kier alpha value is -1.35. The summed E-state index contributed by atoms with van der Waals surface area (Å²) < 4.78 is 1.88. The molecule has 16 heavy (non-hydrogen) atoms. The molecule has 0 aromatic carbocycles. The lowest BCUT2D eigenvalue weighted by molar-refractivity contribution is 0.111. The van der Waals surface area contributed by atoms with Gasteiger partial charge >= 0.3 is 0 Å². The number of hydrogen-bond donors (Lipinski definition) is 0. The zero-order valence-corrected chi connectivity index (χ0v) is 10.2. The summed E-state index contributed by atoms with van der Waals surface area (Å²) in [5.41, 5.74) is 1.83. The summed E-state index contributed by atoms with van der Waals surface area (Å²) in [6, 6.07) is 3.62. The van der Waals surface area contributed by atoms with Gasteiger partial charge in [-0.1, -0.05) is 32.4 Å². The standard InChI is InChI=1S/C12H13ClN2O/c1-12(2,3)10-9(7-16)14-11-8(13)5-4-6-15(10)11/h4-7H,1-3H3. The molecule has 0 saturated carbocycles. The van der Waals surface area contributed by atoms with Crippen LogP contribution in [-0.2, 0) is 5.41 Å². The van der Waals surface area contributed by atoms with Crippen LogP contribution in [0.25, 0.3) is 5.65 Å². The Morgan fingerprint density at radius 3 is 2.69 bits per heavy atom. The fourth-order valence-corrected chi connectivity index (χ4v) is 2.09. The average molecular weight is 237 g/mol. The van der Waals surface area contributed by atoms with Crippen molar-refractivity contribution in [2.45, 2.75) is 26.2 Å². The third-order valence-corrected chi connectivity index (χ3v) is 2.75. The van der Waals surface area contributed by atoms with Gasteiger partial charge < -0.3 is 4.40 Å². The molecule has 2 aromatic rings. The van der Waals surface area contributed by atoms with E-state index in [1.165, 1.54) is 0 Å². The molecule has 0 amide bonds. The van der Waals surface area contributed by atoms with E-state index in [2.05, 4.69) is 4.98 Å². The Balaban J connectivity index is 2.90. The summed E-state index contributed by atoms with van der Waals surface area (Å²) in [5.74, 6) is 0. The van der Waals surface area contributed by atoms with Crippen LogP contribution in [0.5, 0.6) is 0 Å². The highest BCUT2D eigenvalue weighted by Crippen LogP contribution is 2.28. The summed E-state index contributed by atoms with van der Waals surface area (Å²) in [6.45, 7) is 6.14. The van der Waals surface area contributed by atoms with Crippen molar-refractivity contribution in [2.24, 2.45) is 0 Å². The van der Waals surface area contributed by atoms with Gasteiger partial charge in [-0.05, 0) is 12.1 Å². The molecule has 0 atom stereocenters. The predicted molar refractivity (Wildman–Crippen MR) is 64.3 cm³/mol. The molecule has 0 saturated heterocycles. The predicted octanol–water partition coefficient (Wildman–Crippen LogP) is 3.10. The van der Waals surface area contributed by atoms with Crippen molar-refractivity contribution >= 4 is 23.5 Å². The monoisotopic (exact) mass is 236 g/mol. The maximum Gasteiger partial charge on any atom is 0.170 e. The Morgan fingerprint density at radius 2 is 2.12 bits per heavy atom. The van der Waals surface area contributed by atoms with E-state index in [-0.39, 0.29) is 5.41 Å². The Kier molecular flexibility index (Phi) is 2.50. The van der Waals surface area contributed by atoms with Crippen LogP contribution in [0.1, 0.15) is 37.0 Å². The number of carbonyl (C=O) groups is 1. The Morgan fingerprint density at radius 1 is 1.44 bits per heavy atom. The van der Waals surface area contributed by atoms with E-state index in [4.69, 9.17) is 11.6 Å². The number of rotatable bonds is 1. The summed E-state index contributed by atoms with van der Waals surface area (Å²) in [5, 5.41) is 0.557. The number of carbonyl (C=O) groups excluding carboxylic acids is 1. The van der Waals surface area contributed by atoms with E-state index < -0.39 is 0 Å². The highest BCUT2D eigenvalue weighted by Gasteiger charge is 2.24. The third-order valence-electron chi connectivity index (χ3n) is 2.45. The minimum absolute atomic E-state index is 0.152. The molecule has 2 aromatic heterocycles. The van der Waals surface area contributed by atoms with Crippen molar-refractivity contribution in [1.82, 2.24) is 9.38 Å². The minimum atomic E-state index is -0.152. The number of fused-ring (bicyclic) bond motifs is 1.